The van der Waals surface area contributed by atoms with Gasteiger partial charge in [-0.1, -0.05) is 6.92 Å². The van der Waals surface area contributed by atoms with E-state index in [-0.39, 0.29) is 11.0 Å². The third kappa shape index (κ3) is 9.28. The molecule has 4 rings (SSSR count). The van der Waals surface area contributed by atoms with Gasteiger partial charge in [-0.25, -0.2) is 0 Å². The summed E-state index contributed by atoms with van der Waals surface area (Å²) in [5, 5.41) is 40.3. The lowest BCUT2D eigenvalue weighted by Crippen LogP contribution is -2.66. The smallest absolute Gasteiger partial charge is 0.171 e. The van der Waals surface area contributed by atoms with E-state index < -0.39 is 0 Å². The second kappa shape index (κ2) is 14.2. The van der Waals surface area contributed by atoms with Crippen molar-refractivity contribution in [3.05, 3.63) is 24.3 Å². The molecule has 1 aromatic rings. The van der Waals surface area contributed by atoms with Gasteiger partial charge in [0.25, 0.3) is 0 Å². The number of nitriles is 1. The van der Waals surface area contributed by atoms with Crippen molar-refractivity contribution in [2.45, 2.75) is 17.4 Å². The van der Waals surface area contributed by atoms with Crippen LogP contribution in [-0.2, 0) is 0 Å². The molecule has 11 heteroatoms. The van der Waals surface area contributed by atoms with Crippen LogP contribution in [0.5, 0.6) is 0 Å². The maximum atomic E-state index is 8.84. The highest BCUT2D eigenvalue weighted by Gasteiger charge is 2.31. The molecule has 188 valence electrons. The van der Waals surface area contributed by atoms with E-state index in [9.17, 15) is 0 Å². The van der Waals surface area contributed by atoms with Crippen molar-refractivity contribution in [1.29, 1.82) is 5.26 Å². The zero-order valence-corrected chi connectivity index (χ0v) is 21.7. The molecule has 0 spiro atoms. The van der Waals surface area contributed by atoms with Crippen molar-refractivity contribution in [2.75, 3.05) is 83.9 Å². The van der Waals surface area contributed by atoms with Crippen molar-refractivity contribution >= 4 is 34.8 Å². The van der Waals surface area contributed by atoms with Crippen molar-refractivity contribution in [3.8, 4) is 5.40 Å². The SMILES string of the molecule is CC12CNCCNCC(NC(=S)Nc3ccc(SC#N)cc3)(CNCCNC1)CNCCNC2. The molecule has 1 aromatic carbocycles. The molecule has 34 heavy (non-hydrogen) atoms. The van der Waals surface area contributed by atoms with Crippen molar-refractivity contribution in [2.24, 2.45) is 5.41 Å². The van der Waals surface area contributed by atoms with Crippen molar-refractivity contribution in [1.82, 2.24) is 37.2 Å². The van der Waals surface area contributed by atoms with E-state index in [2.05, 4.69) is 54.9 Å². The van der Waals surface area contributed by atoms with E-state index in [0.717, 1.165) is 101 Å². The summed E-state index contributed by atoms with van der Waals surface area (Å²) in [6.07, 6.45) is 0. The van der Waals surface area contributed by atoms with Crippen LogP contribution in [0.3, 0.4) is 0 Å². The molecule has 0 atom stereocenters. The summed E-state index contributed by atoms with van der Waals surface area (Å²) in [6, 6.07) is 7.72. The monoisotopic (exact) mass is 505 g/mol. The fraction of sp³-hybridized carbons (Fsp3) is 0.652. The zero-order valence-electron chi connectivity index (χ0n) is 20.1. The molecule has 0 radical (unpaired) electrons. The topological polar surface area (TPSA) is 120 Å². The number of fused-ring (bicyclic) bond motifs is 15. The lowest BCUT2D eigenvalue weighted by molar-refractivity contribution is 0.261. The fourth-order valence-corrected chi connectivity index (χ4v) is 4.97. The molecular formula is C23H39N9S2. The predicted molar refractivity (Wildman–Crippen MR) is 145 cm³/mol. The van der Waals surface area contributed by atoms with Crippen LogP contribution < -0.4 is 42.5 Å². The van der Waals surface area contributed by atoms with Gasteiger partial charge in [0, 0.05) is 94.5 Å². The summed E-state index contributed by atoms with van der Waals surface area (Å²) in [4.78, 5) is 0.913. The van der Waals surface area contributed by atoms with E-state index in [1.165, 1.54) is 0 Å². The summed E-state index contributed by atoms with van der Waals surface area (Å²) < 4.78 is 0. The van der Waals surface area contributed by atoms with Crippen LogP contribution in [-0.4, -0.2) is 89.2 Å². The molecule has 3 aliphatic heterocycles. The molecule has 0 saturated carbocycles. The molecule has 2 bridgehead atoms. The molecule has 0 amide bonds. The average Bonchev–Trinajstić information content (AvgIpc) is 2.81. The zero-order chi connectivity index (χ0) is 24.1. The first-order valence-corrected chi connectivity index (χ1v) is 13.2. The van der Waals surface area contributed by atoms with E-state index >= 15 is 0 Å². The van der Waals surface area contributed by atoms with Gasteiger partial charge in [-0.05, 0) is 48.2 Å². The van der Waals surface area contributed by atoms with Crippen LogP contribution in [0.4, 0.5) is 5.69 Å². The summed E-state index contributed by atoms with van der Waals surface area (Å²) in [6.45, 7) is 13.0. The number of nitrogens with one attached hydrogen (secondary N) is 8. The molecule has 8 N–H and O–H groups in total. The minimum atomic E-state index is -0.302. The lowest BCUT2D eigenvalue weighted by atomic mass is 9.90. The van der Waals surface area contributed by atoms with Gasteiger partial charge in [0.05, 0.1) is 5.54 Å². The van der Waals surface area contributed by atoms with Gasteiger partial charge in [-0.3, -0.25) is 0 Å². The van der Waals surface area contributed by atoms with E-state index in [4.69, 9.17) is 17.5 Å². The minimum Gasteiger partial charge on any atom is -0.353 e. The first kappa shape index (κ1) is 27.1. The third-order valence-electron chi connectivity index (χ3n) is 6.14. The number of hydrogen-bond donors (Lipinski definition) is 8. The molecular weight excluding hydrogens is 466 g/mol. The molecule has 3 heterocycles. The number of thiocyanates is 1. The van der Waals surface area contributed by atoms with Crippen LogP contribution >= 0.6 is 24.0 Å². The van der Waals surface area contributed by atoms with Crippen molar-refractivity contribution < 1.29 is 0 Å². The molecule has 0 aromatic heterocycles. The summed E-state index contributed by atoms with van der Waals surface area (Å²) in [5.74, 6) is 0. The number of thiocarbonyl (C=S) groups is 1. The Morgan fingerprint density at radius 1 is 0.824 bits per heavy atom. The van der Waals surface area contributed by atoms with E-state index in [1.54, 1.807) is 0 Å². The highest BCUT2D eigenvalue weighted by molar-refractivity contribution is 8.03. The maximum Gasteiger partial charge on any atom is 0.171 e. The highest BCUT2D eigenvalue weighted by Crippen LogP contribution is 2.19. The van der Waals surface area contributed by atoms with Crippen LogP contribution in [0.25, 0.3) is 0 Å². The van der Waals surface area contributed by atoms with Crippen molar-refractivity contribution in [3.63, 3.8) is 0 Å². The Morgan fingerprint density at radius 3 is 1.71 bits per heavy atom. The summed E-state index contributed by atoms with van der Waals surface area (Å²) >= 11 is 6.87. The number of benzene rings is 1. The quantitative estimate of drug-likeness (QED) is 0.159. The second-order valence-corrected chi connectivity index (χ2v) is 10.7. The number of anilines is 1. The minimum absolute atomic E-state index is 0.170. The fourth-order valence-electron chi connectivity index (χ4n) is 4.25. The van der Waals surface area contributed by atoms with Crippen LogP contribution in [0.15, 0.2) is 29.2 Å². The maximum absolute atomic E-state index is 8.84. The first-order chi connectivity index (χ1) is 16.5. The number of thioether (sulfide) groups is 1. The van der Waals surface area contributed by atoms with Gasteiger partial charge < -0.3 is 42.5 Å². The van der Waals surface area contributed by atoms with E-state index in [0.29, 0.717) is 5.11 Å². The lowest BCUT2D eigenvalue weighted by Gasteiger charge is -2.38. The van der Waals surface area contributed by atoms with Gasteiger partial charge in [0.1, 0.15) is 5.40 Å². The van der Waals surface area contributed by atoms with Crippen LogP contribution in [0.1, 0.15) is 6.92 Å². The normalized spacial score (nSPS) is 27.6. The second-order valence-electron chi connectivity index (χ2n) is 9.45. The summed E-state index contributed by atoms with van der Waals surface area (Å²) in [5.41, 5.74) is 0.763. The Morgan fingerprint density at radius 2 is 1.26 bits per heavy atom. The first-order valence-electron chi connectivity index (χ1n) is 12.0. The molecule has 0 unspecified atom stereocenters. The standard InChI is InChI=1S/C23H39N9S2/c1-22-12-25-6-9-28-15-23(16-29-10-7-26-13-22,17-30-11-8-27-14-22)32-21(33)31-19-2-4-20(5-3-19)34-18-24/h2-5,25-30H,6-17H2,1H3,(H2,31,32,33). The average molecular weight is 506 g/mol. The highest BCUT2D eigenvalue weighted by atomic mass is 32.2. The third-order valence-corrected chi connectivity index (χ3v) is 6.94. The molecule has 3 aliphatic rings. The number of nitrogens with zero attached hydrogens (tertiary/aromatic N) is 1. The summed E-state index contributed by atoms with van der Waals surface area (Å²) in [7, 11) is 0. The van der Waals surface area contributed by atoms with Gasteiger partial charge in [0.2, 0.25) is 0 Å². The van der Waals surface area contributed by atoms with Crippen LogP contribution in [0.2, 0.25) is 0 Å². The van der Waals surface area contributed by atoms with Gasteiger partial charge in [-0.2, -0.15) is 5.26 Å². The number of hydrogen-bond acceptors (Lipinski definition) is 9. The largest absolute Gasteiger partial charge is 0.353 e. The Kier molecular flexibility index (Phi) is 11.3. The Balaban J connectivity index is 1.69. The Labute approximate surface area is 213 Å². The molecule has 3 fully saturated rings. The molecule has 0 aliphatic carbocycles. The Hall–Kier alpha value is -1.49. The Bertz CT molecular complexity index is 753. The van der Waals surface area contributed by atoms with Crippen LogP contribution in [0, 0.1) is 16.1 Å². The van der Waals surface area contributed by atoms with Gasteiger partial charge in [-0.15, -0.1) is 0 Å². The van der Waals surface area contributed by atoms with E-state index in [1.807, 2.05) is 24.3 Å². The molecule has 9 nitrogen and oxygen atoms in total. The molecule has 3 saturated heterocycles. The van der Waals surface area contributed by atoms with Gasteiger partial charge >= 0.3 is 0 Å². The predicted octanol–water partition coefficient (Wildman–Crippen LogP) is -0.144. The number of rotatable bonds is 3. The van der Waals surface area contributed by atoms with Gasteiger partial charge in [0.15, 0.2) is 5.11 Å².